The number of rotatable bonds is 3. The van der Waals surface area contributed by atoms with E-state index in [9.17, 15) is 18.0 Å². The zero-order chi connectivity index (χ0) is 22.2. The van der Waals surface area contributed by atoms with Gasteiger partial charge in [-0.1, -0.05) is 60.1 Å². The summed E-state index contributed by atoms with van der Waals surface area (Å²) in [6.45, 7) is 0.544. The molecule has 0 N–H and O–H groups in total. The molecule has 1 aliphatic rings. The van der Waals surface area contributed by atoms with E-state index >= 15 is 0 Å². The molecule has 1 amide bonds. The molecule has 0 aliphatic carbocycles. The zero-order valence-electron chi connectivity index (χ0n) is 16.7. The van der Waals surface area contributed by atoms with Crippen molar-refractivity contribution in [2.75, 3.05) is 13.6 Å². The van der Waals surface area contributed by atoms with Crippen LogP contribution in [0.4, 0.5) is 13.2 Å². The maximum atomic E-state index is 13.5. The number of alkyl halides is 3. The van der Waals surface area contributed by atoms with E-state index in [1.807, 2.05) is 42.5 Å². The predicted octanol–water partition coefficient (Wildman–Crippen LogP) is 6.19. The predicted molar refractivity (Wildman–Crippen MR) is 114 cm³/mol. The van der Waals surface area contributed by atoms with Gasteiger partial charge in [0.25, 0.3) is 5.91 Å². The number of amides is 1. The second-order valence-electron chi connectivity index (χ2n) is 7.58. The first-order valence-electron chi connectivity index (χ1n) is 9.78. The molecule has 0 bridgehead atoms. The Labute approximate surface area is 183 Å². The van der Waals surface area contributed by atoms with Crippen molar-refractivity contribution >= 4 is 17.5 Å². The second-order valence-corrected chi connectivity index (χ2v) is 8.02. The summed E-state index contributed by atoms with van der Waals surface area (Å²) < 4.78 is 39.6. The van der Waals surface area contributed by atoms with E-state index in [-0.39, 0.29) is 17.5 Å². The molecule has 0 aromatic heterocycles. The lowest BCUT2D eigenvalue weighted by Crippen LogP contribution is -2.40. The third-order valence-corrected chi connectivity index (χ3v) is 5.81. The minimum atomic E-state index is -4.52. The average molecular weight is 445 g/mol. The summed E-state index contributed by atoms with van der Waals surface area (Å²) in [5.74, 6) is -0.533. The van der Waals surface area contributed by atoms with Crippen LogP contribution in [0.3, 0.4) is 0 Å². The topological polar surface area (TPSA) is 23.6 Å². The van der Waals surface area contributed by atoms with Crippen LogP contribution in [0, 0.1) is 0 Å². The van der Waals surface area contributed by atoms with Crippen molar-refractivity contribution in [1.82, 2.24) is 10.0 Å². The average Bonchev–Trinajstić information content (AvgIpc) is 3.11. The number of hydrogen-bond donors (Lipinski definition) is 0. The van der Waals surface area contributed by atoms with Gasteiger partial charge in [-0.15, -0.1) is 0 Å². The van der Waals surface area contributed by atoms with Gasteiger partial charge in [-0.25, -0.2) is 5.01 Å². The van der Waals surface area contributed by atoms with Crippen LogP contribution in [0.1, 0.15) is 39.0 Å². The highest BCUT2D eigenvalue weighted by Gasteiger charge is 2.43. The van der Waals surface area contributed by atoms with Crippen molar-refractivity contribution in [2.45, 2.75) is 18.1 Å². The molecule has 1 fully saturated rings. The quantitative estimate of drug-likeness (QED) is 0.481. The molecule has 1 aliphatic heterocycles. The summed E-state index contributed by atoms with van der Waals surface area (Å²) in [5, 5.41) is 3.90. The smallest absolute Gasteiger partial charge is 0.268 e. The number of halogens is 4. The monoisotopic (exact) mass is 444 g/mol. The molecular formula is C24H20ClF3N2O. The lowest BCUT2D eigenvalue weighted by Gasteiger charge is -2.31. The molecule has 0 radical (unpaired) electrons. The highest BCUT2D eigenvalue weighted by atomic mass is 35.5. The highest BCUT2D eigenvalue weighted by molar-refractivity contribution is 6.30. The summed E-state index contributed by atoms with van der Waals surface area (Å²) in [6.07, 6.45) is -4.52. The van der Waals surface area contributed by atoms with Crippen molar-refractivity contribution < 1.29 is 18.0 Å². The summed E-state index contributed by atoms with van der Waals surface area (Å²) in [4.78, 5) is 13.5. The summed E-state index contributed by atoms with van der Waals surface area (Å²) >= 11 is 6.06. The van der Waals surface area contributed by atoms with Crippen LogP contribution in [0.15, 0.2) is 78.9 Å². The number of hydrogen-bond acceptors (Lipinski definition) is 2. The number of hydrazine groups is 1. The van der Waals surface area contributed by atoms with Crippen molar-refractivity contribution in [3.05, 3.63) is 106 Å². The molecule has 31 heavy (non-hydrogen) atoms. The molecule has 1 saturated heterocycles. The first-order valence-corrected chi connectivity index (χ1v) is 10.2. The Morgan fingerprint density at radius 3 is 2.26 bits per heavy atom. The summed E-state index contributed by atoms with van der Waals surface area (Å²) in [7, 11) is 1.78. The third kappa shape index (κ3) is 4.31. The minimum absolute atomic E-state index is 0.00523. The molecule has 160 valence electrons. The molecule has 3 aromatic carbocycles. The molecule has 2 unspecified atom stereocenters. The van der Waals surface area contributed by atoms with Gasteiger partial charge in [0.05, 0.1) is 11.6 Å². The molecule has 7 heteroatoms. The van der Waals surface area contributed by atoms with Crippen LogP contribution in [0.5, 0.6) is 0 Å². The number of carbonyl (C=O) groups is 1. The molecule has 3 aromatic rings. The summed E-state index contributed by atoms with van der Waals surface area (Å²) in [5.41, 5.74) is 1.06. The van der Waals surface area contributed by atoms with Crippen LogP contribution in [-0.2, 0) is 6.18 Å². The second kappa shape index (κ2) is 8.36. The van der Waals surface area contributed by atoms with Gasteiger partial charge < -0.3 is 0 Å². The van der Waals surface area contributed by atoms with Gasteiger partial charge >= 0.3 is 6.18 Å². The SMILES string of the molecule is CN1CC(c2ccccc2)C(c2ccc(Cl)cc2)N1C(=O)c1cccc(C(F)(F)F)c1. The van der Waals surface area contributed by atoms with E-state index in [0.29, 0.717) is 11.6 Å². The van der Waals surface area contributed by atoms with Crippen LogP contribution in [0.2, 0.25) is 5.02 Å². The molecule has 0 saturated carbocycles. The number of carbonyl (C=O) groups excluding carboxylic acids is 1. The zero-order valence-corrected chi connectivity index (χ0v) is 17.4. The Morgan fingerprint density at radius 2 is 1.61 bits per heavy atom. The van der Waals surface area contributed by atoms with E-state index in [1.165, 1.54) is 12.1 Å². The summed E-state index contributed by atoms with van der Waals surface area (Å²) in [6, 6.07) is 21.2. The molecule has 4 rings (SSSR count). The van der Waals surface area contributed by atoms with E-state index in [2.05, 4.69) is 0 Å². The van der Waals surface area contributed by atoms with E-state index in [1.54, 1.807) is 29.2 Å². The number of likely N-dealkylation sites (N-methyl/N-ethyl adjacent to an activating group) is 1. The maximum absolute atomic E-state index is 13.5. The van der Waals surface area contributed by atoms with Gasteiger partial charge in [0.1, 0.15) is 0 Å². The third-order valence-electron chi connectivity index (χ3n) is 5.56. The van der Waals surface area contributed by atoms with Crippen molar-refractivity contribution in [3.63, 3.8) is 0 Å². The fraction of sp³-hybridized carbons (Fsp3) is 0.208. The Morgan fingerprint density at radius 1 is 0.935 bits per heavy atom. The van der Waals surface area contributed by atoms with Gasteiger partial charge in [0, 0.05) is 30.1 Å². The Kier molecular flexibility index (Phi) is 5.77. The molecule has 0 spiro atoms. The lowest BCUT2D eigenvalue weighted by atomic mass is 9.88. The van der Waals surface area contributed by atoms with Crippen LogP contribution in [-0.4, -0.2) is 29.5 Å². The van der Waals surface area contributed by atoms with E-state index in [4.69, 9.17) is 11.6 Å². The first-order chi connectivity index (χ1) is 14.8. The first kappa shape index (κ1) is 21.4. The minimum Gasteiger partial charge on any atom is -0.268 e. The van der Waals surface area contributed by atoms with Gasteiger partial charge in [0.15, 0.2) is 0 Å². The van der Waals surface area contributed by atoms with Gasteiger partial charge in [-0.05, 0) is 41.5 Å². The normalized spacial score (nSPS) is 19.6. The largest absolute Gasteiger partial charge is 0.416 e. The van der Waals surface area contributed by atoms with Crippen LogP contribution < -0.4 is 0 Å². The molecule has 1 heterocycles. The van der Waals surface area contributed by atoms with Crippen molar-refractivity contribution in [1.29, 1.82) is 0 Å². The Balaban J connectivity index is 1.77. The van der Waals surface area contributed by atoms with Crippen molar-refractivity contribution in [3.8, 4) is 0 Å². The van der Waals surface area contributed by atoms with E-state index < -0.39 is 17.6 Å². The Bertz CT molecular complexity index is 1070. The van der Waals surface area contributed by atoms with Crippen LogP contribution in [0.25, 0.3) is 0 Å². The fourth-order valence-electron chi connectivity index (χ4n) is 4.12. The fourth-order valence-corrected chi connectivity index (χ4v) is 4.24. The number of benzene rings is 3. The van der Waals surface area contributed by atoms with Gasteiger partial charge in [-0.2, -0.15) is 13.2 Å². The number of nitrogens with zero attached hydrogens (tertiary/aromatic N) is 2. The Hall–Kier alpha value is -2.83. The molecule has 2 atom stereocenters. The highest BCUT2D eigenvalue weighted by Crippen LogP contribution is 2.43. The lowest BCUT2D eigenvalue weighted by molar-refractivity contribution is -0.137. The van der Waals surface area contributed by atoms with Crippen molar-refractivity contribution in [2.24, 2.45) is 0 Å². The van der Waals surface area contributed by atoms with E-state index in [0.717, 1.165) is 23.3 Å². The molecule has 3 nitrogen and oxygen atoms in total. The maximum Gasteiger partial charge on any atom is 0.416 e. The van der Waals surface area contributed by atoms with Crippen LogP contribution >= 0.6 is 11.6 Å². The van der Waals surface area contributed by atoms with Gasteiger partial charge in [-0.3, -0.25) is 9.80 Å². The van der Waals surface area contributed by atoms with Gasteiger partial charge in [0.2, 0.25) is 0 Å². The standard InChI is InChI=1S/C24H20ClF3N2O/c1-29-15-21(16-6-3-2-4-7-16)22(17-10-12-20(25)13-11-17)30(29)23(31)18-8-5-9-19(14-18)24(26,27)28/h2-14,21-22H,15H2,1H3. The molecular weight excluding hydrogens is 425 g/mol.